The molecule has 0 bridgehead atoms. The first-order valence-electron chi connectivity index (χ1n) is 4.57. The van der Waals surface area contributed by atoms with Gasteiger partial charge >= 0.3 is 0 Å². The quantitative estimate of drug-likeness (QED) is 0.538. The molecule has 1 saturated heterocycles. The third-order valence-electron chi connectivity index (χ3n) is 3.04. The molecule has 3 heteroatoms. The number of nitrogens with one attached hydrogen (secondary N) is 1. The molecular formula is C9H13NO2. The second kappa shape index (κ2) is 2.57. The second-order valence-electron chi connectivity index (χ2n) is 3.72. The van der Waals surface area contributed by atoms with Crippen molar-refractivity contribution in [2.45, 2.75) is 32.1 Å². The van der Waals surface area contributed by atoms with Crippen LogP contribution in [0.1, 0.15) is 32.1 Å². The van der Waals surface area contributed by atoms with Gasteiger partial charge in [0.15, 0.2) is 0 Å². The Labute approximate surface area is 71.5 Å². The molecule has 1 atom stereocenters. The predicted octanol–water partition coefficient (Wildman–Crippen LogP) is 0.636. The summed E-state index contributed by atoms with van der Waals surface area (Å²) in [5.41, 5.74) is -0.599. The van der Waals surface area contributed by atoms with Crippen LogP contribution < -0.4 is 5.32 Å². The molecule has 1 saturated carbocycles. The third-order valence-corrected chi connectivity index (χ3v) is 3.04. The zero-order valence-corrected chi connectivity index (χ0v) is 7.06. The monoisotopic (exact) mass is 167 g/mol. The lowest BCUT2D eigenvalue weighted by Crippen LogP contribution is -2.48. The van der Waals surface area contributed by atoms with Gasteiger partial charge in [-0.1, -0.05) is 0 Å². The van der Waals surface area contributed by atoms with E-state index in [4.69, 9.17) is 0 Å². The van der Waals surface area contributed by atoms with Gasteiger partial charge in [-0.2, -0.15) is 0 Å². The van der Waals surface area contributed by atoms with Gasteiger partial charge in [-0.3, -0.25) is 9.59 Å². The van der Waals surface area contributed by atoms with Crippen LogP contribution in [-0.2, 0) is 9.59 Å². The molecule has 1 N–H and O–H groups in total. The van der Waals surface area contributed by atoms with Crippen LogP contribution in [0, 0.1) is 5.41 Å². The zero-order valence-electron chi connectivity index (χ0n) is 7.06. The maximum absolute atomic E-state index is 11.5. The van der Waals surface area contributed by atoms with Crippen molar-refractivity contribution < 1.29 is 9.59 Å². The summed E-state index contributed by atoms with van der Waals surface area (Å²) in [6.45, 7) is 0.744. The molecule has 1 aliphatic heterocycles. The van der Waals surface area contributed by atoms with Crippen molar-refractivity contribution >= 4 is 11.7 Å². The lowest BCUT2D eigenvalue weighted by Gasteiger charge is -2.30. The summed E-state index contributed by atoms with van der Waals surface area (Å²) in [6.07, 6.45) is 4.01. The van der Waals surface area contributed by atoms with E-state index in [1.54, 1.807) is 0 Å². The van der Waals surface area contributed by atoms with Crippen molar-refractivity contribution in [3.05, 3.63) is 0 Å². The Balaban J connectivity index is 2.27. The van der Waals surface area contributed by atoms with E-state index in [1.807, 2.05) is 0 Å². The Kier molecular flexibility index (Phi) is 1.67. The first-order valence-corrected chi connectivity index (χ1v) is 4.57. The predicted molar refractivity (Wildman–Crippen MR) is 43.5 cm³/mol. The first kappa shape index (κ1) is 7.77. The molecule has 1 amide bonds. The molecule has 0 aromatic heterocycles. The summed E-state index contributed by atoms with van der Waals surface area (Å²) >= 11 is 0. The molecular weight excluding hydrogens is 154 g/mol. The summed E-state index contributed by atoms with van der Waals surface area (Å²) < 4.78 is 0. The molecule has 12 heavy (non-hydrogen) atoms. The summed E-state index contributed by atoms with van der Waals surface area (Å²) in [5.74, 6) is 0.149. The van der Waals surface area contributed by atoms with Gasteiger partial charge in [-0.15, -0.1) is 0 Å². The topological polar surface area (TPSA) is 46.2 Å². The molecule has 2 rings (SSSR count). The Morgan fingerprint density at radius 3 is 2.50 bits per heavy atom. The smallest absolute Gasteiger partial charge is 0.233 e. The fraction of sp³-hybridized carbons (Fsp3) is 0.778. The molecule has 66 valence electrons. The van der Waals surface area contributed by atoms with Crippen molar-refractivity contribution in [3.63, 3.8) is 0 Å². The SMILES string of the molecule is O=C1CCC[C@@]12CCCNC2=O. The molecule has 1 aliphatic carbocycles. The van der Waals surface area contributed by atoms with Gasteiger partial charge in [-0.05, 0) is 25.7 Å². The van der Waals surface area contributed by atoms with Crippen LogP contribution in [0.3, 0.4) is 0 Å². The standard InChI is InChI=1S/C9H13NO2/c11-7-3-1-4-9(7)5-2-6-10-8(9)12/h1-6H2,(H,10,12)/t9-/m1/s1. The highest BCUT2D eigenvalue weighted by atomic mass is 16.2. The Hall–Kier alpha value is -0.860. The van der Waals surface area contributed by atoms with Crippen molar-refractivity contribution in [2.75, 3.05) is 6.54 Å². The van der Waals surface area contributed by atoms with Gasteiger partial charge in [-0.25, -0.2) is 0 Å². The lowest BCUT2D eigenvalue weighted by molar-refractivity contribution is -0.142. The van der Waals surface area contributed by atoms with Gasteiger partial charge < -0.3 is 5.32 Å². The number of Topliss-reactive ketones (excluding diaryl/α,β-unsaturated/α-hetero) is 1. The largest absolute Gasteiger partial charge is 0.355 e. The third kappa shape index (κ3) is 0.886. The minimum absolute atomic E-state index is 0.0174. The van der Waals surface area contributed by atoms with Gasteiger partial charge in [0.2, 0.25) is 5.91 Å². The number of hydrogen-bond acceptors (Lipinski definition) is 2. The number of piperidine rings is 1. The molecule has 0 unspecified atom stereocenters. The number of ketones is 1. The van der Waals surface area contributed by atoms with Crippen molar-refractivity contribution in [3.8, 4) is 0 Å². The minimum atomic E-state index is -0.599. The Bertz CT molecular complexity index is 237. The fourth-order valence-corrected chi connectivity index (χ4v) is 2.31. The molecule has 2 aliphatic rings. The summed E-state index contributed by atoms with van der Waals surface area (Å²) in [5, 5.41) is 2.79. The molecule has 0 radical (unpaired) electrons. The van der Waals surface area contributed by atoms with E-state index in [2.05, 4.69) is 5.32 Å². The summed E-state index contributed by atoms with van der Waals surface area (Å²) in [4.78, 5) is 23.0. The highest BCUT2D eigenvalue weighted by Crippen LogP contribution is 2.40. The maximum atomic E-state index is 11.5. The molecule has 1 heterocycles. The Morgan fingerprint density at radius 2 is 1.92 bits per heavy atom. The number of hydrogen-bond donors (Lipinski definition) is 1. The van der Waals surface area contributed by atoms with E-state index in [1.165, 1.54) is 0 Å². The number of carbonyl (C=O) groups excluding carboxylic acids is 2. The van der Waals surface area contributed by atoms with Crippen LogP contribution in [0.25, 0.3) is 0 Å². The fourth-order valence-electron chi connectivity index (χ4n) is 2.31. The number of carbonyl (C=O) groups is 2. The van der Waals surface area contributed by atoms with Crippen LogP contribution in [-0.4, -0.2) is 18.2 Å². The van der Waals surface area contributed by atoms with Crippen LogP contribution in [0.15, 0.2) is 0 Å². The number of amides is 1. The lowest BCUT2D eigenvalue weighted by atomic mass is 9.78. The molecule has 3 nitrogen and oxygen atoms in total. The highest BCUT2D eigenvalue weighted by Gasteiger charge is 2.49. The van der Waals surface area contributed by atoms with E-state index in [0.717, 1.165) is 32.2 Å². The molecule has 1 spiro atoms. The van der Waals surface area contributed by atoms with Crippen LogP contribution in [0.5, 0.6) is 0 Å². The second-order valence-corrected chi connectivity index (χ2v) is 3.72. The average Bonchev–Trinajstić information content (AvgIpc) is 2.41. The van der Waals surface area contributed by atoms with E-state index in [0.29, 0.717) is 6.42 Å². The van der Waals surface area contributed by atoms with Gasteiger partial charge in [0.25, 0.3) is 0 Å². The van der Waals surface area contributed by atoms with Crippen LogP contribution in [0.2, 0.25) is 0 Å². The highest BCUT2D eigenvalue weighted by molar-refractivity contribution is 6.07. The van der Waals surface area contributed by atoms with Crippen LogP contribution in [0.4, 0.5) is 0 Å². The molecule has 2 fully saturated rings. The normalized spacial score (nSPS) is 35.7. The molecule has 0 aromatic rings. The van der Waals surface area contributed by atoms with Gasteiger partial charge in [0.05, 0.1) is 0 Å². The van der Waals surface area contributed by atoms with E-state index in [-0.39, 0.29) is 11.7 Å². The zero-order chi connectivity index (χ0) is 8.60. The van der Waals surface area contributed by atoms with Crippen molar-refractivity contribution in [2.24, 2.45) is 5.41 Å². The van der Waals surface area contributed by atoms with E-state index < -0.39 is 5.41 Å². The minimum Gasteiger partial charge on any atom is -0.355 e. The van der Waals surface area contributed by atoms with Gasteiger partial charge in [0.1, 0.15) is 11.2 Å². The van der Waals surface area contributed by atoms with Gasteiger partial charge in [0, 0.05) is 13.0 Å². The average molecular weight is 167 g/mol. The summed E-state index contributed by atoms with van der Waals surface area (Å²) in [6, 6.07) is 0. The number of rotatable bonds is 0. The van der Waals surface area contributed by atoms with E-state index in [9.17, 15) is 9.59 Å². The molecule has 0 aromatic carbocycles. The Morgan fingerprint density at radius 1 is 1.17 bits per heavy atom. The maximum Gasteiger partial charge on any atom is 0.233 e. The van der Waals surface area contributed by atoms with Crippen molar-refractivity contribution in [1.82, 2.24) is 5.32 Å². The van der Waals surface area contributed by atoms with Crippen LogP contribution >= 0.6 is 0 Å². The van der Waals surface area contributed by atoms with E-state index >= 15 is 0 Å². The first-order chi connectivity index (χ1) is 5.76. The summed E-state index contributed by atoms with van der Waals surface area (Å²) in [7, 11) is 0. The van der Waals surface area contributed by atoms with Crippen molar-refractivity contribution in [1.29, 1.82) is 0 Å².